The number of aliphatic hydroxyl groups excluding tert-OH is 1. The molecule has 0 aromatic heterocycles. The van der Waals surface area contributed by atoms with Gasteiger partial charge in [0.25, 0.3) is 0 Å². The second-order valence-electron chi connectivity index (χ2n) is 6.22. The number of hydrogen-bond acceptors (Lipinski definition) is 4. The van der Waals surface area contributed by atoms with Crippen LogP contribution in [0.15, 0.2) is 42.5 Å². The van der Waals surface area contributed by atoms with Crippen LogP contribution in [0.4, 0.5) is 0 Å². The van der Waals surface area contributed by atoms with Gasteiger partial charge in [0.15, 0.2) is 0 Å². The van der Waals surface area contributed by atoms with Crippen molar-refractivity contribution in [3.05, 3.63) is 42.5 Å². The van der Waals surface area contributed by atoms with E-state index in [2.05, 4.69) is 27.9 Å². The fourth-order valence-corrected chi connectivity index (χ4v) is 3.12. The molecule has 2 aromatic rings. The van der Waals surface area contributed by atoms with Crippen molar-refractivity contribution in [1.82, 2.24) is 9.80 Å². The van der Waals surface area contributed by atoms with Gasteiger partial charge < -0.3 is 9.84 Å². The van der Waals surface area contributed by atoms with Gasteiger partial charge >= 0.3 is 0 Å². The van der Waals surface area contributed by atoms with E-state index in [9.17, 15) is 5.11 Å². The third-order valence-corrected chi connectivity index (χ3v) is 4.43. The van der Waals surface area contributed by atoms with E-state index < -0.39 is 6.10 Å². The van der Waals surface area contributed by atoms with Gasteiger partial charge in [0.05, 0.1) is 6.54 Å². The van der Waals surface area contributed by atoms with E-state index in [4.69, 9.17) is 11.2 Å². The third kappa shape index (κ3) is 4.27. The Morgan fingerprint density at radius 3 is 2.54 bits per heavy atom. The summed E-state index contributed by atoms with van der Waals surface area (Å²) in [7, 11) is 0. The predicted octanol–water partition coefficient (Wildman–Crippen LogP) is 1.83. The summed E-state index contributed by atoms with van der Waals surface area (Å²) in [6, 6.07) is 14.1. The van der Waals surface area contributed by atoms with Gasteiger partial charge in [-0.1, -0.05) is 42.3 Å². The molecule has 0 spiro atoms. The van der Waals surface area contributed by atoms with E-state index in [0.29, 0.717) is 19.7 Å². The first-order valence-corrected chi connectivity index (χ1v) is 8.43. The first-order valence-electron chi connectivity index (χ1n) is 8.43. The maximum absolute atomic E-state index is 10.3. The van der Waals surface area contributed by atoms with Crippen molar-refractivity contribution in [2.45, 2.75) is 6.10 Å². The van der Waals surface area contributed by atoms with E-state index in [1.165, 1.54) is 0 Å². The van der Waals surface area contributed by atoms with Gasteiger partial charge in [-0.05, 0) is 11.5 Å². The van der Waals surface area contributed by atoms with Gasteiger partial charge in [-0.3, -0.25) is 9.80 Å². The standard InChI is InChI=1S/C20H24N2O2/c1-2-10-21-11-13-22(14-12-21)15-18(23)16-24-20-9-5-7-17-6-3-4-8-19(17)20/h1,3-9,18,23H,10-16H2. The molecule has 1 fully saturated rings. The molecule has 0 bridgehead atoms. The number of nitrogens with zero attached hydrogens (tertiary/aromatic N) is 2. The topological polar surface area (TPSA) is 35.9 Å². The minimum absolute atomic E-state index is 0.304. The molecule has 0 radical (unpaired) electrons. The van der Waals surface area contributed by atoms with Gasteiger partial charge in [0.1, 0.15) is 18.5 Å². The van der Waals surface area contributed by atoms with Crippen LogP contribution in [0.5, 0.6) is 5.75 Å². The van der Waals surface area contributed by atoms with Crippen molar-refractivity contribution in [3.63, 3.8) is 0 Å². The number of piperazine rings is 1. The molecule has 3 rings (SSSR count). The molecule has 1 aliphatic heterocycles. The number of benzene rings is 2. The van der Waals surface area contributed by atoms with Gasteiger partial charge in [-0.2, -0.15) is 0 Å². The van der Waals surface area contributed by atoms with E-state index in [1.807, 2.05) is 30.3 Å². The number of fused-ring (bicyclic) bond motifs is 1. The number of hydrogen-bond donors (Lipinski definition) is 1. The quantitative estimate of drug-likeness (QED) is 0.823. The molecule has 0 amide bonds. The van der Waals surface area contributed by atoms with Gasteiger partial charge in [0, 0.05) is 38.1 Å². The Morgan fingerprint density at radius 2 is 1.75 bits per heavy atom. The van der Waals surface area contributed by atoms with Crippen molar-refractivity contribution in [2.24, 2.45) is 0 Å². The Balaban J connectivity index is 1.49. The van der Waals surface area contributed by atoms with Gasteiger partial charge in [-0.25, -0.2) is 0 Å². The van der Waals surface area contributed by atoms with E-state index >= 15 is 0 Å². The van der Waals surface area contributed by atoms with Crippen LogP contribution in [0, 0.1) is 12.3 Å². The molecule has 1 N–H and O–H groups in total. The first kappa shape index (κ1) is 16.8. The van der Waals surface area contributed by atoms with Crippen LogP contribution < -0.4 is 4.74 Å². The lowest BCUT2D eigenvalue weighted by Crippen LogP contribution is -2.49. The highest BCUT2D eigenvalue weighted by Gasteiger charge is 2.19. The molecule has 126 valence electrons. The number of terminal acetylenes is 1. The van der Waals surface area contributed by atoms with Crippen LogP contribution in [0.3, 0.4) is 0 Å². The Kier molecular flexibility index (Phi) is 5.71. The Morgan fingerprint density at radius 1 is 1.04 bits per heavy atom. The van der Waals surface area contributed by atoms with Crippen LogP contribution >= 0.6 is 0 Å². The lowest BCUT2D eigenvalue weighted by atomic mass is 10.1. The highest BCUT2D eigenvalue weighted by Crippen LogP contribution is 2.25. The summed E-state index contributed by atoms with van der Waals surface area (Å²) >= 11 is 0. The molecule has 1 saturated heterocycles. The lowest BCUT2D eigenvalue weighted by Gasteiger charge is -2.34. The number of aliphatic hydroxyl groups is 1. The summed E-state index contributed by atoms with van der Waals surface area (Å²) in [6.45, 7) is 5.44. The molecule has 4 nitrogen and oxygen atoms in total. The van der Waals surface area contributed by atoms with Crippen molar-refractivity contribution in [2.75, 3.05) is 45.9 Å². The molecule has 2 aromatic carbocycles. The van der Waals surface area contributed by atoms with Crippen LogP contribution in [-0.2, 0) is 0 Å². The average molecular weight is 324 g/mol. The summed E-state index contributed by atoms with van der Waals surface area (Å²) in [6.07, 6.45) is 4.85. The zero-order valence-corrected chi connectivity index (χ0v) is 13.9. The SMILES string of the molecule is C#CCN1CCN(CC(O)COc2cccc3ccccc23)CC1. The van der Waals surface area contributed by atoms with Crippen LogP contribution in [0.25, 0.3) is 10.8 Å². The second-order valence-corrected chi connectivity index (χ2v) is 6.22. The second kappa shape index (κ2) is 8.16. The molecule has 24 heavy (non-hydrogen) atoms. The molecule has 1 aliphatic rings. The first-order chi connectivity index (χ1) is 11.8. The van der Waals surface area contributed by atoms with Crippen molar-refractivity contribution in [3.8, 4) is 18.1 Å². The van der Waals surface area contributed by atoms with Crippen molar-refractivity contribution in [1.29, 1.82) is 0 Å². The molecule has 4 heteroatoms. The van der Waals surface area contributed by atoms with Crippen molar-refractivity contribution < 1.29 is 9.84 Å². The molecule has 1 heterocycles. The Hall–Kier alpha value is -2.06. The molecule has 0 saturated carbocycles. The summed E-state index contributed by atoms with van der Waals surface area (Å²) in [5, 5.41) is 12.5. The Labute approximate surface area is 143 Å². The monoisotopic (exact) mass is 324 g/mol. The number of rotatable bonds is 6. The number of ether oxygens (including phenoxy) is 1. The maximum Gasteiger partial charge on any atom is 0.127 e. The highest BCUT2D eigenvalue weighted by atomic mass is 16.5. The average Bonchev–Trinajstić information content (AvgIpc) is 2.62. The summed E-state index contributed by atoms with van der Waals surface area (Å²) in [4.78, 5) is 4.53. The summed E-state index contributed by atoms with van der Waals surface area (Å²) in [5.41, 5.74) is 0. The molecular weight excluding hydrogens is 300 g/mol. The van der Waals surface area contributed by atoms with Gasteiger partial charge in [-0.15, -0.1) is 6.42 Å². The van der Waals surface area contributed by atoms with Crippen LogP contribution in [0.1, 0.15) is 0 Å². The summed E-state index contributed by atoms with van der Waals surface area (Å²) < 4.78 is 5.87. The molecular formula is C20H24N2O2. The van der Waals surface area contributed by atoms with Crippen LogP contribution in [-0.4, -0.2) is 66.9 Å². The van der Waals surface area contributed by atoms with E-state index in [1.54, 1.807) is 0 Å². The van der Waals surface area contributed by atoms with Gasteiger partial charge in [0.2, 0.25) is 0 Å². The number of β-amino-alcohol motifs (C(OH)–C–C–N with tert-alkyl or cyclic N) is 1. The zero-order chi connectivity index (χ0) is 16.8. The third-order valence-electron chi connectivity index (χ3n) is 4.43. The largest absolute Gasteiger partial charge is 0.490 e. The minimum atomic E-state index is -0.497. The fraction of sp³-hybridized carbons (Fsp3) is 0.400. The zero-order valence-electron chi connectivity index (χ0n) is 13.9. The minimum Gasteiger partial charge on any atom is -0.490 e. The van der Waals surface area contributed by atoms with Crippen molar-refractivity contribution >= 4 is 10.8 Å². The lowest BCUT2D eigenvalue weighted by molar-refractivity contribution is 0.0489. The smallest absolute Gasteiger partial charge is 0.127 e. The maximum atomic E-state index is 10.3. The molecule has 0 aliphatic carbocycles. The molecule has 1 unspecified atom stereocenters. The van der Waals surface area contributed by atoms with E-state index in [-0.39, 0.29) is 0 Å². The highest BCUT2D eigenvalue weighted by molar-refractivity contribution is 5.88. The predicted molar refractivity (Wildman–Crippen MR) is 97.2 cm³/mol. The van der Waals surface area contributed by atoms with E-state index in [0.717, 1.165) is 42.7 Å². The normalized spacial score (nSPS) is 17.5. The van der Waals surface area contributed by atoms with Crippen LogP contribution in [0.2, 0.25) is 0 Å². The summed E-state index contributed by atoms with van der Waals surface area (Å²) in [5.74, 6) is 3.51. The molecule has 1 atom stereocenters. The Bertz CT molecular complexity index is 697. The fourth-order valence-electron chi connectivity index (χ4n) is 3.12.